The molecule has 1 heterocycles. The number of carbonyl (C=O) groups excluding carboxylic acids is 2. The number of carbonyl (C=O) groups is 2. The van der Waals surface area contributed by atoms with Crippen LogP contribution in [0.1, 0.15) is 16.8 Å². The van der Waals surface area contributed by atoms with Gasteiger partial charge >= 0.3 is 11.9 Å². The molecule has 0 bridgehead atoms. The van der Waals surface area contributed by atoms with Crippen LogP contribution in [0.2, 0.25) is 0 Å². The minimum absolute atomic E-state index is 0.179. The second-order valence-corrected chi connectivity index (χ2v) is 3.33. The van der Waals surface area contributed by atoms with E-state index in [0.29, 0.717) is 6.42 Å². The molecule has 0 aromatic heterocycles. The molecule has 0 spiro atoms. The Labute approximate surface area is 91.0 Å². The summed E-state index contributed by atoms with van der Waals surface area (Å²) < 4.78 is 22.7. The standard InChI is InChI=1S/C11H9FO4/c12-8-4-2-1-3-7(8)10(13)16-9-5-6-15-11(9)14/h1-4,9H,5-6H2/t9-/m0/s1. The normalized spacial score (nSPS) is 19.3. The molecule has 1 atom stereocenters. The van der Waals surface area contributed by atoms with Gasteiger partial charge in [0.2, 0.25) is 6.10 Å². The fourth-order valence-electron chi connectivity index (χ4n) is 1.40. The maximum atomic E-state index is 13.2. The van der Waals surface area contributed by atoms with Crippen LogP contribution in [0.25, 0.3) is 0 Å². The zero-order chi connectivity index (χ0) is 11.5. The molecular formula is C11H9FO4. The van der Waals surface area contributed by atoms with Crippen LogP contribution in [0, 0.1) is 5.82 Å². The number of ether oxygens (including phenoxy) is 2. The third-order valence-corrected chi connectivity index (χ3v) is 2.23. The molecule has 2 rings (SSSR count). The predicted octanol–water partition coefficient (Wildman–Crippen LogP) is 1.30. The molecule has 0 N–H and O–H groups in total. The third kappa shape index (κ3) is 2.03. The molecule has 5 heteroatoms. The summed E-state index contributed by atoms with van der Waals surface area (Å²) in [4.78, 5) is 22.5. The highest BCUT2D eigenvalue weighted by atomic mass is 19.1. The Morgan fingerprint density at radius 3 is 2.81 bits per heavy atom. The smallest absolute Gasteiger partial charge is 0.347 e. The summed E-state index contributed by atoms with van der Waals surface area (Å²) in [6, 6.07) is 5.45. The Hall–Kier alpha value is -1.91. The molecule has 1 aromatic rings. The summed E-state index contributed by atoms with van der Waals surface area (Å²) in [5.74, 6) is -2.09. The minimum Gasteiger partial charge on any atom is -0.463 e. The fourth-order valence-corrected chi connectivity index (χ4v) is 1.40. The van der Waals surface area contributed by atoms with E-state index in [-0.39, 0.29) is 12.2 Å². The van der Waals surface area contributed by atoms with Gasteiger partial charge in [0.1, 0.15) is 5.82 Å². The van der Waals surface area contributed by atoms with E-state index in [1.165, 1.54) is 18.2 Å². The first-order chi connectivity index (χ1) is 7.68. The van der Waals surface area contributed by atoms with E-state index < -0.39 is 23.9 Å². The fraction of sp³-hybridized carbons (Fsp3) is 0.273. The maximum Gasteiger partial charge on any atom is 0.347 e. The van der Waals surface area contributed by atoms with E-state index in [0.717, 1.165) is 6.07 Å². The van der Waals surface area contributed by atoms with Gasteiger partial charge in [0.15, 0.2) is 0 Å². The SMILES string of the molecule is O=C(O[C@H]1CCOC1=O)c1ccccc1F. The highest BCUT2D eigenvalue weighted by molar-refractivity contribution is 5.91. The first kappa shape index (κ1) is 10.6. The van der Waals surface area contributed by atoms with Gasteiger partial charge in [-0.25, -0.2) is 14.0 Å². The molecule has 0 amide bonds. The van der Waals surface area contributed by atoms with E-state index in [1.54, 1.807) is 0 Å². The molecule has 1 fully saturated rings. The van der Waals surface area contributed by atoms with Gasteiger partial charge in [-0.15, -0.1) is 0 Å². The van der Waals surface area contributed by atoms with Crippen molar-refractivity contribution in [3.05, 3.63) is 35.6 Å². The zero-order valence-corrected chi connectivity index (χ0v) is 8.31. The lowest BCUT2D eigenvalue weighted by Gasteiger charge is -2.08. The second-order valence-electron chi connectivity index (χ2n) is 3.33. The lowest BCUT2D eigenvalue weighted by Crippen LogP contribution is -2.23. The third-order valence-electron chi connectivity index (χ3n) is 2.23. The number of hydrogen-bond donors (Lipinski definition) is 0. The van der Waals surface area contributed by atoms with E-state index in [1.807, 2.05) is 0 Å². The number of hydrogen-bond acceptors (Lipinski definition) is 4. The van der Waals surface area contributed by atoms with E-state index in [2.05, 4.69) is 4.74 Å². The highest BCUT2D eigenvalue weighted by Gasteiger charge is 2.31. The quantitative estimate of drug-likeness (QED) is 0.710. The summed E-state index contributed by atoms with van der Waals surface area (Å²) in [5.41, 5.74) is -0.179. The van der Waals surface area contributed by atoms with Crippen molar-refractivity contribution < 1.29 is 23.5 Å². The summed E-state index contributed by atoms with van der Waals surface area (Å²) >= 11 is 0. The van der Waals surface area contributed by atoms with Crippen molar-refractivity contribution >= 4 is 11.9 Å². The molecule has 1 aromatic carbocycles. The van der Waals surface area contributed by atoms with Gasteiger partial charge in [0, 0.05) is 6.42 Å². The first-order valence-electron chi connectivity index (χ1n) is 4.80. The van der Waals surface area contributed by atoms with Crippen LogP contribution in [-0.2, 0) is 14.3 Å². The van der Waals surface area contributed by atoms with Crippen molar-refractivity contribution in [1.82, 2.24) is 0 Å². The van der Waals surface area contributed by atoms with Gasteiger partial charge in [-0.2, -0.15) is 0 Å². The average Bonchev–Trinajstić information content (AvgIpc) is 2.65. The molecule has 0 aliphatic carbocycles. The van der Waals surface area contributed by atoms with Crippen LogP contribution >= 0.6 is 0 Å². The van der Waals surface area contributed by atoms with Crippen LogP contribution in [0.3, 0.4) is 0 Å². The molecule has 0 saturated carbocycles. The predicted molar refractivity (Wildman–Crippen MR) is 51.2 cm³/mol. The van der Waals surface area contributed by atoms with Gasteiger partial charge in [-0.3, -0.25) is 0 Å². The van der Waals surface area contributed by atoms with Crippen molar-refractivity contribution in [2.75, 3.05) is 6.61 Å². The van der Waals surface area contributed by atoms with Crippen LogP contribution < -0.4 is 0 Å². The van der Waals surface area contributed by atoms with E-state index in [4.69, 9.17) is 4.74 Å². The first-order valence-corrected chi connectivity index (χ1v) is 4.80. The molecular weight excluding hydrogens is 215 g/mol. The molecule has 16 heavy (non-hydrogen) atoms. The number of esters is 2. The maximum absolute atomic E-state index is 13.2. The van der Waals surface area contributed by atoms with Crippen LogP contribution in [-0.4, -0.2) is 24.6 Å². The van der Waals surface area contributed by atoms with Gasteiger partial charge in [0.25, 0.3) is 0 Å². The second kappa shape index (κ2) is 4.30. The Morgan fingerprint density at radius 1 is 1.44 bits per heavy atom. The molecule has 0 unspecified atom stereocenters. The monoisotopic (exact) mass is 224 g/mol. The Bertz CT molecular complexity index is 430. The number of halogens is 1. The Kier molecular flexibility index (Phi) is 2.85. The largest absolute Gasteiger partial charge is 0.463 e. The molecule has 1 aliphatic rings. The molecule has 84 valence electrons. The van der Waals surface area contributed by atoms with Crippen molar-refractivity contribution in [3.8, 4) is 0 Å². The van der Waals surface area contributed by atoms with Crippen molar-refractivity contribution in [1.29, 1.82) is 0 Å². The number of benzene rings is 1. The highest BCUT2D eigenvalue weighted by Crippen LogP contribution is 2.14. The Balaban J connectivity index is 2.09. The number of rotatable bonds is 2. The molecule has 1 aliphatic heterocycles. The van der Waals surface area contributed by atoms with Crippen LogP contribution in [0.15, 0.2) is 24.3 Å². The Morgan fingerprint density at radius 2 is 2.19 bits per heavy atom. The molecule has 0 radical (unpaired) electrons. The molecule has 1 saturated heterocycles. The lowest BCUT2D eigenvalue weighted by atomic mass is 10.2. The topological polar surface area (TPSA) is 52.6 Å². The van der Waals surface area contributed by atoms with Crippen molar-refractivity contribution in [2.24, 2.45) is 0 Å². The molecule has 4 nitrogen and oxygen atoms in total. The van der Waals surface area contributed by atoms with Crippen LogP contribution in [0.5, 0.6) is 0 Å². The van der Waals surface area contributed by atoms with E-state index in [9.17, 15) is 14.0 Å². The summed E-state index contributed by atoms with van der Waals surface area (Å²) in [6.45, 7) is 0.230. The summed E-state index contributed by atoms with van der Waals surface area (Å²) in [5, 5.41) is 0. The van der Waals surface area contributed by atoms with Gasteiger partial charge in [-0.05, 0) is 12.1 Å². The van der Waals surface area contributed by atoms with Gasteiger partial charge in [0.05, 0.1) is 12.2 Å². The summed E-state index contributed by atoms with van der Waals surface area (Å²) in [6.07, 6.45) is -0.592. The summed E-state index contributed by atoms with van der Waals surface area (Å²) in [7, 11) is 0. The van der Waals surface area contributed by atoms with Gasteiger partial charge < -0.3 is 9.47 Å². The van der Waals surface area contributed by atoms with E-state index >= 15 is 0 Å². The van der Waals surface area contributed by atoms with Crippen LogP contribution in [0.4, 0.5) is 4.39 Å². The lowest BCUT2D eigenvalue weighted by molar-refractivity contribution is -0.145. The van der Waals surface area contributed by atoms with Crippen molar-refractivity contribution in [3.63, 3.8) is 0 Å². The zero-order valence-electron chi connectivity index (χ0n) is 8.31. The average molecular weight is 224 g/mol. The minimum atomic E-state index is -0.910. The van der Waals surface area contributed by atoms with Crippen molar-refractivity contribution in [2.45, 2.75) is 12.5 Å². The number of cyclic esters (lactones) is 1. The van der Waals surface area contributed by atoms with Gasteiger partial charge in [-0.1, -0.05) is 12.1 Å².